The van der Waals surface area contributed by atoms with E-state index in [0.29, 0.717) is 11.3 Å². The first-order valence-corrected chi connectivity index (χ1v) is 12.0. The lowest BCUT2D eigenvalue weighted by Crippen LogP contribution is -2.54. The molecule has 198 valence electrons. The number of ether oxygens (including phenoxy) is 2. The van der Waals surface area contributed by atoms with E-state index in [1.165, 1.54) is 37.5 Å². The Bertz CT molecular complexity index is 1520. The summed E-state index contributed by atoms with van der Waals surface area (Å²) >= 11 is 5.20. The number of carbonyl (C=O) groups is 4. The van der Waals surface area contributed by atoms with Gasteiger partial charge in [0, 0.05) is 11.3 Å². The number of nitrogens with zero attached hydrogens (tertiary/aromatic N) is 1. The van der Waals surface area contributed by atoms with E-state index in [1.54, 1.807) is 30.3 Å². The molecule has 0 atom stereocenters. The first-order valence-electron chi connectivity index (χ1n) is 11.6. The highest BCUT2D eigenvalue weighted by Gasteiger charge is 2.35. The molecule has 11 heteroatoms. The fourth-order valence-corrected chi connectivity index (χ4v) is 4.04. The van der Waals surface area contributed by atoms with Crippen molar-refractivity contribution < 1.29 is 33.8 Å². The van der Waals surface area contributed by atoms with Gasteiger partial charge in [-0.2, -0.15) is 0 Å². The standard InChI is InChI=1S/C28H23N3O7S/c1-16-9-11-19(12-10-16)29-23(32)15-38-24-17(5-4-8-22(24)37-2)14-21-25(33)30-28(39)31(26(21)34)20-7-3-6-18(13-20)27(35)36/h3-14H,15H2,1-2H3,(H,29,32)(H,35,36)(H,30,33,39). The molecule has 3 aromatic rings. The van der Waals surface area contributed by atoms with Gasteiger partial charge in [0.05, 0.1) is 18.4 Å². The van der Waals surface area contributed by atoms with Gasteiger partial charge in [0.25, 0.3) is 17.7 Å². The lowest BCUT2D eigenvalue weighted by molar-refractivity contribution is -0.122. The van der Waals surface area contributed by atoms with Gasteiger partial charge in [-0.1, -0.05) is 35.9 Å². The molecule has 10 nitrogen and oxygen atoms in total. The summed E-state index contributed by atoms with van der Waals surface area (Å²) in [6.07, 6.45) is 1.29. The van der Waals surface area contributed by atoms with Crippen LogP contribution in [0.15, 0.2) is 72.3 Å². The topological polar surface area (TPSA) is 134 Å². The highest BCUT2D eigenvalue weighted by molar-refractivity contribution is 7.80. The third-order valence-corrected chi connectivity index (χ3v) is 5.95. The number of carboxylic acids is 1. The largest absolute Gasteiger partial charge is 0.493 e. The molecule has 0 saturated carbocycles. The number of rotatable bonds is 8. The Balaban J connectivity index is 1.63. The highest BCUT2D eigenvalue weighted by Crippen LogP contribution is 2.33. The Morgan fingerprint density at radius 3 is 2.49 bits per heavy atom. The van der Waals surface area contributed by atoms with Gasteiger partial charge in [-0.05, 0) is 61.6 Å². The Hall–Kier alpha value is -5.03. The van der Waals surface area contributed by atoms with Crippen molar-refractivity contribution in [2.24, 2.45) is 0 Å². The Morgan fingerprint density at radius 1 is 1.08 bits per heavy atom. The maximum absolute atomic E-state index is 13.4. The van der Waals surface area contributed by atoms with Crippen LogP contribution in [0.25, 0.3) is 6.08 Å². The maximum Gasteiger partial charge on any atom is 0.335 e. The van der Waals surface area contributed by atoms with E-state index < -0.39 is 23.7 Å². The zero-order valence-corrected chi connectivity index (χ0v) is 21.7. The van der Waals surface area contributed by atoms with Crippen LogP contribution in [0.4, 0.5) is 11.4 Å². The van der Waals surface area contributed by atoms with Crippen molar-refractivity contribution in [3.05, 3.63) is 89.0 Å². The summed E-state index contributed by atoms with van der Waals surface area (Å²) in [4.78, 5) is 51.2. The number of hydrogen-bond donors (Lipinski definition) is 3. The number of thiocarbonyl (C=S) groups is 1. The lowest BCUT2D eigenvalue weighted by atomic mass is 10.1. The van der Waals surface area contributed by atoms with Gasteiger partial charge in [0.15, 0.2) is 23.2 Å². The van der Waals surface area contributed by atoms with E-state index in [-0.39, 0.29) is 40.0 Å². The van der Waals surface area contributed by atoms with Crippen LogP contribution < -0.4 is 25.0 Å². The molecule has 39 heavy (non-hydrogen) atoms. The predicted molar refractivity (Wildman–Crippen MR) is 148 cm³/mol. The van der Waals surface area contributed by atoms with Crippen LogP contribution in [-0.4, -0.2) is 47.6 Å². The molecule has 0 aromatic heterocycles. The Kier molecular flexibility index (Phi) is 8.01. The van der Waals surface area contributed by atoms with Crippen LogP contribution in [0.1, 0.15) is 21.5 Å². The van der Waals surface area contributed by atoms with Gasteiger partial charge in [0.2, 0.25) is 0 Å². The third kappa shape index (κ3) is 6.11. The van der Waals surface area contributed by atoms with Crippen molar-refractivity contribution >= 4 is 58.5 Å². The molecular formula is C28H23N3O7S. The molecular weight excluding hydrogens is 522 g/mol. The molecule has 1 saturated heterocycles. The van der Waals surface area contributed by atoms with Crippen molar-refractivity contribution in [3.63, 3.8) is 0 Å². The zero-order chi connectivity index (χ0) is 28.1. The summed E-state index contributed by atoms with van der Waals surface area (Å²) in [7, 11) is 1.42. The zero-order valence-electron chi connectivity index (χ0n) is 20.9. The van der Waals surface area contributed by atoms with Crippen LogP contribution in [0.2, 0.25) is 0 Å². The molecule has 0 spiro atoms. The number of carbonyl (C=O) groups excluding carboxylic acids is 3. The number of nitrogens with one attached hydrogen (secondary N) is 2. The third-order valence-electron chi connectivity index (χ3n) is 5.67. The van der Waals surface area contributed by atoms with E-state index in [1.807, 2.05) is 19.1 Å². The van der Waals surface area contributed by atoms with Gasteiger partial charge in [0.1, 0.15) is 5.57 Å². The van der Waals surface area contributed by atoms with Crippen LogP contribution >= 0.6 is 12.2 Å². The van der Waals surface area contributed by atoms with Crippen LogP contribution in [0.3, 0.4) is 0 Å². The fourth-order valence-electron chi connectivity index (χ4n) is 3.76. The predicted octanol–water partition coefficient (Wildman–Crippen LogP) is 3.55. The molecule has 1 fully saturated rings. The van der Waals surface area contributed by atoms with Gasteiger partial charge in [-0.3, -0.25) is 24.6 Å². The number of benzene rings is 3. The number of carboxylic acid groups (broad SMARTS) is 1. The quantitative estimate of drug-likeness (QED) is 0.222. The first kappa shape index (κ1) is 27.0. The van der Waals surface area contributed by atoms with E-state index >= 15 is 0 Å². The summed E-state index contributed by atoms with van der Waals surface area (Å²) < 4.78 is 11.2. The second kappa shape index (κ2) is 11.6. The van der Waals surface area contributed by atoms with E-state index in [4.69, 9.17) is 21.7 Å². The second-order valence-electron chi connectivity index (χ2n) is 8.39. The summed E-state index contributed by atoms with van der Waals surface area (Å²) in [5.41, 5.74) is 1.77. The minimum absolute atomic E-state index is 0.0575. The van der Waals surface area contributed by atoms with E-state index in [9.17, 15) is 24.3 Å². The van der Waals surface area contributed by atoms with Crippen molar-refractivity contribution in [3.8, 4) is 11.5 Å². The summed E-state index contributed by atoms with van der Waals surface area (Å²) in [5, 5.41) is 14.3. The summed E-state index contributed by atoms with van der Waals surface area (Å²) in [6, 6.07) is 17.7. The first-order chi connectivity index (χ1) is 18.7. The molecule has 1 aliphatic heterocycles. The van der Waals surface area contributed by atoms with Crippen LogP contribution in [0.5, 0.6) is 11.5 Å². The number of aromatic carboxylic acids is 1. The average Bonchev–Trinajstić information content (AvgIpc) is 2.91. The van der Waals surface area contributed by atoms with E-state index in [2.05, 4.69) is 10.6 Å². The van der Waals surface area contributed by atoms with Crippen LogP contribution in [0, 0.1) is 6.92 Å². The van der Waals surface area contributed by atoms with Crippen molar-refractivity contribution in [1.29, 1.82) is 0 Å². The molecule has 0 bridgehead atoms. The molecule has 1 heterocycles. The Morgan fingerprint density at radius 2 is 1.79 bits per heavy atom. The molecule has 0 radical (unpaired) electrons. The summed E-state index contributed by atoms with van der Waals surface area (Å²) in [6.45, 7) is 1.56. The number of methoxy groups -OCH3 is 1. The van der Waals surface area contributed by atoms with Gasteiger partial charge in [-0.15, -0.1) is 0 Å². The summed E-state index contributed by atoms with van der Waals surface area (Å²) in [5.74, 6) is -2.71. The van der Waals surface area contributed by atoms with Gasteiger partial charge in [-0.25, -0.2) is 4.79 Å². The molecule has 0 aliphatic carbocycles. The van der Waals surface area contributed by atoms with E-state index in [0.717, 1.165) is 10.5 Å². The van der Waals surface area contributed by atoms with Crippen LogP contribution in [-0.2, 0) is 14.4 Å². The number of para-hydroxylation sites is 1. The molecule has 1 aliphatic rings. The molecule has 0 unspecified atom stereocenters. The number of hydrogen-bond acceptors (Lipinski definition) is 7. The molecule has 3 aromatic carbocycles. The van der Waals surface area contributed by atoms with Crippen molar-refractivity contribution in [2.75, 3.05) is 23.9 Å². The van der Waals surface area contributed by atoms with Gasteiger partial charge >= 0.3 is 5.97 Å². The number of aryl methyl sites for hydroxylation is 1. The maximum atomic E-state index is 13.4. The normalized spacial score (nSPS) is 14.2. The SMILES string of the molecule is COc1cccc(C=C2C(=O)NC(=S)N(c3cccc(C(=O)O)c3)C2=O)c1OCC(=O)Nc1ccc(C)cc1. The average molecular weight is 546 g/mol. The number of amides is 3. The minimum Gasteiger partial charge on any atom is -0.493 e. The molecule has 4 rings (SSSR count). The Labute approximate surface area is 228 Å². The highest BCUT2D eigenvalue weighted by atomic mass is 32.1. The molecule has 3 N–H and O–H groups in total. The lowest BCUT2D eigenvalue weighted by Gasteiger charge is -2.29. The second-order valence-corrected chi connectivity index (χ2v) is 8.78. The van der Waals surface area contributed by atoms with Gasteiger partial charge < -0.3 is 19.9 Å². The number of anilines is 2. The minimum atomic E-state index is -1.18. The smallest absolute Gasteiger partial charge is 0.335 e. The van der Waals surface area contributed by atoms with Crippen molar-refractivity contribution in [2.45, 2.75) is 6.92 Å². The fraction of sp³-hybridized carbons (Fsp3) is 0.107. The monoisotopic (exact) mass is 545 g/mol. The van der Waals surface area contributed by atoms with Crippen molar-refractivity contribution in [1.82, 2.24) is 5.32 Å². The molecule has 3 amide bonds.